The summed E-state index contributed by atoms with van der Waals surface area (Å²) in [4.78, 5) is 0. The average molecular weight is 1220 g/mol. The van der Waals surface area contributed by atoms with Crippen LogP contribution in [0.5, 0.6) is 0 Å². The van der Waals surface area contributed by atoms with Crippen molar-refractivity contribution in [2.24, 2.45) is 0 Å². The van der Waals surface area contributed by atoms with Crippen molar-refractivity contribution in [2.75, 3.05) is 105 Å². The van der Waals surface area contributed by atoms with Gasteiger partial charge in [0.1, 0.15) is 39.3 Å². The highest BCUT2D eigenvalue weighted by Crippen LogP contribution is 2.30. The standard InChI is InChI=1S/C60H126N4.4BrH/c1-7-13-19-25-31-37-45-61(46-38-32-26-20-14-8-2,47-39-33-27-21-15-9-3)51-43-53-63-55-58-64(59-56-63,60-57-63)54-44-52-62(48-40-34-28-22-16-10-4,49-41-35-29-23-17-11-5)50-42-36-30-24-18-12-6;;;;/h7-60H2,1-6H3;4*1H/q+4;;;;/p-4. The van der Waals surface area contributed by atoms with Gasteiger partial charge in [0.15, 0.2) is 0 Å². The van der Waals surface area contributed by atoms with Crippen molar-refractivity contribution in [3.05, 3.63) is 0 Å². The molecule has 0 spiro atoms. The molecule has 0 radical (unpaired) electrons. The predicted molar refractivity (Wildman–Crippen MR) is 288 cm³/mol. The molecule has 0 atom stereocenters. The van der Waals surface area contributed by atoms with Gasteiger partial charge in [0.2, 0.25) is 0 Å². The molecule has 3 aliphatic heterocycles. The van der Waals surface area contributed by atoms with Gasteiger partial charge in [-0.1, -0.05) is 196 Å². The van der Waals surface area contributed by atoms with Gasteiger partial charge in [0, 0.05) is 12.8 Å². The molecule has 0 unspecified atom stereocenters. The largest absolute Gasteiger partial charge is 1.00 e. The summed E-state index contributed by atoms with van der Waals surface area (Å²) >= 11 is 0. The molecule has 0 aromatic heterocycles. The molecule has 0 saturated carbocycles. The summed E-state index contributed by atoms with van der Waals surface area (Å²) in [7, 11) is 0. The van der Waals surface area contributed by atoms with E-state index in [1.807, 2.05) is 0 Å². The smallest absolute Gasteiger partial charge is 0.129 e. The second-order valence-corrected chi connectivity index (χ2v) is 23.3. The van der Waals surface area contributed by atoms with E-state index in [2.05, 4.69) is 41.5 Å². The van der Waals surface area contributed by atoms with Crippen LogP contribution in [0.4, 0.5) is 0 Å². The van der Waals surface area contributed by atoms with Crippen LogP contribution in [0.1, 0.15) is 286 Å². The predicted octanol–water partition coefficient (Wildman–Crippen LogP) is 5.24. The van der Waals surface area contributed by atoms with Crippen LogP contribution >= 0.6 is 0 Å². The molecule has 8 heteroatoms. The molecule has 3 rings (SSSR count). The molecule has 3 saturated heterocycles. The first kappa shape index (κ1) is 74.0. The monoisotopic (exact) mass is 1220 g/mol. The second kappa shape index (κ2) is 49.6. The average Bonchev–Trinajstić information content (AvgIpc) is 3.31. The summed E-state index contributed by atoms with van der Waals surface area (Å²) in [6.07, 6.45) is 55.1. The van der Waals surface area contributed by atoms with Gasteiger partial charge >= 0.3 is 0 Å². The van der Waals surface area contributed by atoms with Gasteiger partial charge in [-0.15, -0.1) is 0 Å². The Balaban J connectivity index is -0.0000106. The topological polar surface area (TPSA) is 0 Å². The summed E-state index contributed by atoms with van der Waals surface area (Å²) in [6, 6.07) is 0. The number of hydrogen-bond donors (Lipinski definition) is 0. The Labute approximate surface area is 472 Å². The van der Waals surface area contributed by atoms with Gasteiger partial charge < -0.3 is 85.9 Å². The molecule has 3 heterocycles. The number of halogens is 4. The van der Waals surface area contributed by atoms with Gasteiger partial charge in [-0.2, -0.15) is 0 Å². The van der Waals surface area contributed by atoms with Crippen LogP contribution in [0.25, 0.3) is 0 Å². The molecule has 0 amide bonds. The zero-order valence-electron chi connectivity index (χ0n) is 47.5. The molecular formula is C60H126Br4N4. The van der Waals surface area contributed by atoms with E-state index in [4.69, 9.17) is 0 Å². The third-order valence-electron chi connectivity index (χ3n) is 17.6. The molecule has 3 aliphatic rings. The molecule has 4 nitrogen and oxygen atoms in total. The van der Waals surface area contributed by atoms with Crippen LogP contribution in [0.3, 0.4) is 0 Å². The van der Waals surface area contributed by atoms with Crippen molar-refractivity contribution >= 4 is 0 Å². The molecule has 414 valence electrons. The minimum absolute atomic E-state index is 0. The Morgan fingerprint density at radius 1 is 0.206 bits per heavy atom. The number of unbranched alkanes of at least 4 members (excludes halogenated alkanes) is 30. The first-order valence-electron chi connectivity index (χ1n) is 30.8. The van der Waals surface area contributed by atoms with Crippen molar-refractivity contribution in [1.82, 2.24) is 0 Å². The van der Waals surface area contributed by atoms with E-state index < -0.39 is 0 Å². The first-order valence-corrected chi connectivity index (χ1v) is 30.8. The Kier molecular flexibility index (Phi) is 54.0. The highest BCUT2D eigenvalue weighted by Gasteiger charge is 2.49. The van der Waals surface area contributed by atoms with E-state index in [9.17, 15) is 0 Å². The molecule has 0 aliphatic carbocycles. The SMILES string of the molecule is CCCCCCCC[N+](CCCCCCCC)(CCCCCCCC)CCC[N+]12CC[N+](CCC[N+](CCCCCCCC)(CCCCCCCC)CCCCCCCC)(CC1)CC2.[Br-].[Br-].[Br-].[Br-]. The Hall–Kier alpha value is 1.76. The number of fused-ring (bicyclic) bond motifs is 3. The minimum atomic E-state index is 0. The van der Waals surface area contributed by atoms with E-state index in [1.54, 1.807) is 0 Å². The van der Waals surface area contributed by atoms with Crippen LogP contribution in [0.2, 0.25) is 0 Å². The molecule has 3 fully saturated rings. The fraction of sp³-hybridized carbons (Fsp3) is 1.00. The maximum Gasteiger partial charge on any atom is 0.129 e. The molecule has 0 aromatic rings. The van der Waals surface area contributed by atoms with Gasteiger partial charge in [-0.3, -0.25) is 0 Å². The zero-order valence-corrected chi connectivity index (χ0v) is 53.8. The summed E-state index contributed by atoms with van der Waals surface area (Å²) in [5, 5.41) is 0. The second-order valence-electron chi connectivity index (χ2n) is 23.3. The van der Waals surface area contributed by atoms with Crippen molar-refractivity contribution < 1.29 is 85.9 Å². The van der Waals surface area contributed by atoms with Crippen LogP contribution < -0.4 is 67.9 Å². The van der Waals surface area contributed by atoms with Crippen molar-refractivity contribution in [2.45, 2.75) is 286 Å². The lowest BCUT2D eigenvalue weighted by Gasteiger charge is -2.56. The van der Waals surface area contributed by atoms with Crippen molar-refractivity contribution in [3.8, 4) is 0 Å². The fourth-order valence-electron chi connectivity index (χ4n) is 12.8. The van der Waals surface area contributed by atoms with Gasteiger partial charge in [-0.25, -0.2) is 0 Å². The number of piperazine rings is 3. The van der Waals surface area contributed by atoms with E-state index in [0.29, 0.717) is 0 Å². The molecule has 0 N–H and O–H groups in total. The Morgan fingerprint density at radius 3 is 0.529 bits per heavy atom. The highest BCUT2D eigenvalue weighted by atomic mass is 79.9. The van der Waals surface area contributed by atoms with Gasteiger partial charge in [-0.05, 0) is 77.0 Å². The fourth-order valence-corrected chi connectivity index (χ4v) is 12.8. The van der Waals surface area contributed by atoms with E-state index >= 15 is 0 Å². The van der Waals surface area contributed by atoms with Gasteiger partial charge in [0.05, 0.1) is 65.4 Å². The summed E-state index contributed by atoms with van der Waals surface area (Å²) < 4.78 is 5.93. The van der Waals surface area contributed by atoms with Crippen molar-refractivity contribution in [3.63, 3.8) is 0 Å². The number of nitrogens with zero attached hydrogens (tertiary/aromatic N) is 4. The molecule has 2 bridgehead atoms. The van der Waals surface area contributed by atoms with Crippen LogP contribution in [0, 0.1) is 0 Å². The lowest BCUT2D eigenvalue weighted by Crippen LogP contribution is -3.00. The summed E-state index contributed by atoms with van der Waals surface area (Å²) in [5.41, 5.74) is 0. The number of quaternary nitrogens is 4. The zero-order chi connectivity index (χ0) is 46.2. The maximum absolute atomic E-state index is 2.37. The molecular weight excluding hydrogens is 1100 g/mol. The van der Waals surface area contributed by atoms with E-state index in [1.165, 1.54) is 367 Å². The normalized spacial score (nSPS) is 17.9. The first-order chi connectivity index (χ1) is 31.4. The third kappa shape index (κ3) is 35.1. The minimum Gasteiger partial charge on any atom is -1.00 e. The van der Waals surface area contributed by atoms with E-state index in [-0.39, 0.29) is 67.9 Å². The Bertz CT molecular complexity index is 832. The quantitative estimate of drug-likeness (QED) is 0.0579. The molecule has 68 heavy (non-hydrogen) atoms. The van der Waals surface area contributed by atoms with E-state index in [0.717, 1.165) is 0 Å². The van der Waals surface area contributed by atoms with Crippen LogP contribution in [-0.2, 0) is 0 Å². The molecule has 0 aromatic carbocycles. The highest BCUT2D eigenvalue weighted by molar-refractivity contribution is 4.65. The lowest BCUT2D eigenvalue weighted by atomic mass is 10.0. The number of hydrogen-bond acceptors (Lipinski definition) is 0. The summed E-state index contributed by atoms with van der Waals surface area (Å²) in [6.45, 7) is 37.9. The Morgan fingerprint density at radius 2 is 0.353 bits per heavy atom. The van der Waals surface area contributed by atoms with Crippen LogP contribution in [-0.4, -0.2) is 123 Å². The lowest BCUT2D eigenvalue weighted by molar-refractivity contribution is -1.08. The van der Waals surface area contributed by atoms with Crippen molar-refractivity contribution in [1.29, 1.82) is 0 Å². The van der Waals surface area contributed by atoms with Crippen LogP contribution in [0.15, 0.2) is 0 Å². The van der Waals surface area contributed by atoms with Gasteiger partial charge in [0.25, 0.3) is 0 Å². The third-order valence-corrected chi connectivity index (χ3v) is 17.6. The maximum atomic E-state index is 2.37. The summed E-state index contributed by atoms with van der Waals surface area (Å²) in [5.74, 6) is 0. The number of rotatable bonds is 50.